The van der Waals surface area contributed by atoms with Gasteiger partial charge in [0, 0.05) is 12.8 Å². The molecule has 0 radical (unpaired) electrons. The smallest absolute Gasteiger partial charge is 0.305 e. The van der Waals surface area contributed by atoms with Gasteiger partial charge in [-0.3, -0.25) is 9.59 Å². The monoisotopic (exact) mass is 1020 g/mol. The van der Waals surface area contributed by atoms with Crippen LogP contribution in [0, 0.1) is 0 Å². The Bertz CT molecular complexity index is 1230. The average molecular weight is 1020 g/mol. The number of aliphatic hydroxyl groups is 2. The summed E-state index contributed by atoms with van der Waals surface area (Å²) in [5, 5.41) is 23.0. The molecule has 0 bridgehead atoms. The van der Waals surface area contributed by atoms with Crippen molar-refractivity contribution in [2.24, 2.45) is 0 Å². The van der Waals surface area contributed by atoms with E-state index >= 15 is 0 Å². The van der Waals surface area contributed by atoms with Crippen molar-refractivity contribution in [2.45, 2.75) is 353 Å². The number of aliphatic hydroxyl groups excluding tert-OH is 2. The van der Waals surface area contributed by atoms with Gasteiger partial charge in [-0.05, 0) is 89.9 Å². The molecule has 0 aliphatic heterocycles. The predicted octanol–water partition coefficient (Wildman–Crippen LogP) is 20.5. The third-order valence-corrected chi connectivity index (χ3v) is 14.8. The zero-order valence-electron chi connectivity index (χ0n) is 48.9. The molecule has 73 heavy (non-hydrogen) atoms. The molecule has 428 valence electrons. The van der Waals surface area contributed by atoms with Gasteiger partial charge in [0.25, 0.3) is 0 Å². The standard InChI is InChI=1S/C67H125NO5/c1-3-5-7-9-11-13-15-16-33-37-41-45-49-53-57-61-67(72)73-62-58-54-50-46-42-38-35-32-30-28-26-24-22-20-18-17-19-21-23-25-27-29-31-34-36-40-44-48-52-56-60-66(71)68-64(63-69)65(70)59-55-51-47-43-39-14-12-10-8-6-4-2/h11,13,16,18,20,33,55,59,64-65,69-70H,3-10,12,14-15,17,19,21-32,34-54,56-58,60-63H2,1-2H3,(H,68,71)/b13-11-,20-18-,33-16-,59-55+. The van der Waals surface area contributed by atoms with Crippen LogP contribution in [0.4, 0.5) is 0 Å². The molecule has 6 nitrogen and oxygen atoms in total. The van der Waals surface area contributed by atoms with E-state index in [-0.39, 0.29) is 18.5 Å². The molecule has 0 aromatic heterocycles. The summed E-state index contributed by atoms with van der Waals surface area (Å²) in [5.74, 6) is -0.0650. The minimum atomic E-state index is -0.842. The van der Waals surface area contributed by atoms with E-state index in [2.05, 4.69) is 55.6 Å². The second-order valence-corrected chi connectivity index (χ2v) is 22.1. The quantitative estimate of drug-likeness (QED) is 0.0320. The third kappa shape index (κ3) is 58.9. The number of esters is 1. The van der Waals surface area contributed by atoms with Crippen molar-refractivity contribution in [1.29, 1.82) is 0 Å². The number of carbonyl (C=O) groups excluding carboxylic acids is 2. The Kier molecular flexibility index (Phi) is 60.5. The highest BCUT2D eigenvalue weighted by atomic mass is 16.5. The molecule has 0 aromatic rings. The molecular weight excluding hydrogens is 899 g/mol. The van der Waals surface area contributed by atoms with Crippen molar-refractivity contribution in [3.8, 4) is 0 Å². The number of hydrogen-bond donors (Lipinski definition) is 3. The average Bonchev–Trinajstić information content (AvgIpc) is 3.39. The Labute approximate surface area is 455 Å². The van der Waals surface area contributed by atoms with Crippen molar-refractivity contribution in [3.05, 3.63) is 48.6 Å². The molecule has 0 saturated carbocycles. The molecule has 0 rings (SSSR count). The molecule has 3 N–H and O–H groups in total. The second kappa shape index (κ2) is 62.4. The van der Waals surface area contributed by atoms with E-state index in [0.717, 1.165) is 51.4 Å². The Morgan fingerprint density at radius 1 is 0.384 bits per heavy atom. The van der Waals surface area contributed by atoms with Crippen LogP contribution in [0.2, 0.25) is 0 Å². The largest absolute Gasteiger partial charge is 0.466 e. The van der Waals surface area contributed by atoms with E-state index < -0.39 is 12.1 Å². The summed E-state index contributed by atoms with van der Waals surface area (Å²) in [6.45, 7) is 4.87. The lowest BCUT2D eigenvalue weighted by atomic mass is 10.0. The second-order valence-electron chi connectivity index (χ2n) is 22.1. The predicted molar refractivity (Wildman–Crippen MR) is 319 cm³/mol. The Morgan fingerprint density at radius 2 is 0.685 bits per heavy atom. The van der Waals surface area contributed by atoms with Gasteiger partial charge in [-0.15, -0.1) is 0 Å². The van der Waals surface area contributed by atoms with Crippen molar-refractivity contribution in [2.75, 3.05) is 13.2 Å². The highest BCUT2D eigenvalue weighted by Crippen LogP contribution is 2.17. The van der Waals surface area contributed by atoms with E-state index in [0.29, 0.717) is 19.4 Å². The fraction of sp³-hybridized carbons (Fsp3) is 0.851. The van der Waals surface area contributed by atoms with Crippen LogP contribution < -0.4 is 5.32 Å². The van der Waals surface area contributed by atoms with Gasteiger partial charge in [-0.2, -0.15) is 0 Å². The van der Waals surface area contributed by atoms with Gasteiger partial charge in [-0.1, -0.05) is 287 Å². The van der Waals surface area contributed by atoms with Gasteiger partial charge < -0.3 is 20.3 Å². The minimum Gasteiger partial charge on any atom is -0.466 e. The Morgan fingerprint density at radius 3 is 1.08 bits per heavy atom. The maximum Gasteiger partial charge on any atom is 0.305 e. The topological polar surface area (TPSA) is 95.9 Å². The lowest BCUT2D eigenvalue weighted by molar-refractivity contribution is -0.143. The molecule has 1 amide bonds. The van der Waals surface area contributed by atoms with Gasteiger partial charge in [-0.25, -0.2) is 0 Å². The van der Waals surface area contributed by atoms with E-state index in [1.54, 1.807) is 6.08 Å². The lowest BCUT2D eigenvalue weighted by Gasteiger charge is -2.20. The van der Waals surface area contributed by atoms with Gasteiger partial charge in [0.15, 0.2) is 0 Å². The summed E-state index contributed by atoms with van der Waals surface area (Å²) in [6.07, 6.45) is 80.3. The fourth-order valence-corrected chi connectivity index (χ4v) is 9.84. The first-order valence-corrected chi connectivity index (χ1v) is 32.4. The number of nitrogens with one attached hydrogen (secondary N) is 1. The van der Waals surface area contributed by atoms with Crippen LogP contribution in [0.5, 0.6) is 0 Å². The fourth-order valence-electron chi connectivity index (χ4n) is 9.84. The summed E-state index contributed by atoms with van der Waals surface area (Å²) in [7, 11) is 0. The van der Waals surface area contributed by atoms with Crippen molar-refractivity contribution in [1.82, 2.24) is 5.32 Å². The van der Waals surface area contributed by atoms with E-state index in [1.165, 1.54) is 263 Å². The van der Waals surface area contributed by atoms with Gasteiger partial charge in [0.2, 0.25) is 5.91 Å². The van der Waals surface area contributed by atoms with E-state index in [1.807, 2.05) is 6.08 Å². The first-order valence-electron chi connectivity index (χ1n) is 32.4. The maximum absolute atomic E-state index is 12.4. The SMILES string of the molecule is CCCCC/C=C\C/C=C\CCCCCCCC(=O)OCCCCCCCCCCCCCC/C=C\CCCCCCCCCCCCCCCCC(=O)NC(CO)C(O)/C=C/CCCCCCCCCCC. The van der Waals surface area contributed by atoms with Crippen molar-refractivity contribution < 1.29 is 24.5 Å². The number of amides is 1. The molecule has 0 aliphatic rings. The van der Waals surface area contributed by atoms with E-state index in [4.69, 9.17) is 4.74 Å². The van der Waals surface area contributed by atoms with Gasteiger partial charge in [0.05, 0.1) is 25.4 Å². The summed E-state index contributed by atoms with van der Waals surface area (Å²) >= 11 is 0. The molecule has 0 heterocycles. The van der Waals surface area contributed by atoms with Gasteiger partial charge >= 0.3 is 5.97 Å². The number of carbonyl (C=O) groups is 2. The number of unbranched alkanes of at least 4 members (excludes halogenated alkanes) is 43. The normalized spacial score (nSPS) is 12.9. The molecule has 2 atom stereocenters. The van der Waals surface area contributed by atoms with E-state index in [9.17, 15) is 19.8 Å². The molecule has 0 aromatic carbocycles. The van der Waals surface area contributed by atoms with Crippen LogP contribution in [0.3, 0.4) is 0 Å². The van der Waals surface area contributed by atoms with Crippen LogP contribution in [-0.4, -0.2) is 47.4 Å². The van der Waals surface area contributed by atoms with Crippen LogP contribution >= 0.6 is 0 Å². The molecule has 2 unspecified atom stereocenters. The molecule has 6 heteroatoms. The van der Waals surface area contributed by atoms with Gasteiger partial charge in [0.1, 0.15) is 0 Å². The summed E-state index contributed by atoms with van der Waals surface area (Å²) in [6, 6.07) is -0.626. The minimum absolute atomic E-state index is 0.00245. The third-order valence-electron chi connectivity index (χ3n) is 14.8. The van der Waals surface area contributed by atoms with Crippen LogP contribution in [0.1, 0.15) is 341 Å². The summed E-state index contributed by atoms with van der Waals surface area (Å²) in [5.41, 5.74) is 0. The molecule has 0 saturated heterocycles. The molecule has 0 fully saturated rings. The number of hydrogen-bond acceptors (Lipinski definition) is 5. The van der Waals surface area contributed by atoms with Crippen molar-refractivity contribution >= 4 is 11.9 Å². The maximum atomic E-state index is 12.4. The zero-order valence-corrected chi connectivity index (χ0v) is 48.9. The van der Waals surface area contributed by atoms with Crippen molar-refractivity contribution in [3.63, 3.8) is 0 Å². The summed E-state index contributed by atoms with van der Waals surface area (Å²) in [4.78, 5) is 24.5. The molecule has 0 aliphatic carbocycles. The summed E-state index contributed by atoms with van der Waals surface area (Å²) < 4.78 is 5.48. The van der Waals surface area contributed by atoms with Crippen LogP contribution in [-0.2, 0) is 14.3 Å². The number of ether oxygens (including phenoxy) is 1. The highest BCUT2D eigenvalue weighted by molar-refractivity contribution is 5.76. The first kappa shape index (κ1) is 70.8. The first-order chi connectivity index (χ1) is 36.0. The number of allylic oxidation sites excluding steroid dienone is 7. The van der Waals surface area contributed by atoms with Crippen LogP contribution in [0.25, 0.3) is 0 Å². The Balaban J connectivity index is 3.37. The molecule has 0 spiro atoms. The van der Waals surface area contributed by atoms with Crippen LogP contribution in [0.15, 0.2) is 48.6 Å². The number of rotatable bonds is 60. The molecular formula is C67H125NO5. The Hall–Kier alpha value is -2.18. The lowest BCUT2D eigenvalue weighted by Crippen LogP contribution is -2.45. The zero-order chi connectivity index (χ0) is 52.9. The highest BCUT2D eigenvalue weighted by Gasteiger charge is 2.18.